The van der Waals surface area contributed by atoms with Crippen LogP contribution in [0.15, 0.2) is 23.1 Å². The maximum Gasteiger partial charge on any atom is 0.303 e. The summed E-state index contributed by atoms with van der Waals surface area (Å²) in [6.45, 7) is 7.89. The van der Waals surface area contributed by atoms with Crippen molar-refractivity contribution in [2.45, 2.75) is 44.6 Å². The van der Waals surface area contributed by atoms with Crippen molar-refractivity contribution in [1.29, 1.82) is 0 Å². The molecule has 2 aliphatic rings. The maximum absolute atomic E-state index is 13.2. The van der Waals surface area contributed by atoms with Gasteiger partial charge in [0.05, 0.1) is 17.7 Å². The molecule has 2 fully saturated rings. The van der Waals surface area contributed by atoms with Gasteiger partial charge in [-0.2, -0.15) is 4.31 Å². The normalized spacial score (nSPS) is 21.2. The van der Waals surface area contributed by atoms with Crippen LogP contribution in [0.2, 0.25) is 0 Å². The number of anilines is 1. The molecule has 0 spiro atoms. The summed E-state index contributed by atoms with van der Waals surface area (Å²) in [5.74, 6) is 0.206. The molecule has 2 saturated heterocycles. The van der Waals surface area contributed by atoms with Crippen LogP contribution < -0.4 is 9.64 Å². The van der Waals surface area contributed by atoms with Gasteiger partial charge in [-0.3, -0.25) is 9.59 Å². The molecule has 0 N–H and O–H groups in total. The Morgan fingerprint density at radius 1 is 1.12 bits per heavy atom. The lowest BCUT2D eigenvalue weighted by Crippen LogP contribution is -2.51. The van der Waals surface area contributed by atoms with Crippen LogP contribution in [0.25, 0.3) is 0 Å². The lowest BCUT2D eigenvalue weighted by atomic mass is 10.0. The Balaban J connectivity index is 1.76. The monoisotopic (exact) mass is 467 g/mol. The van der Waals surface area contributed by atoms with Crippen LogP contribution in [0.1, 0.15) is 33.6 Å². The Kier molecular flexibility index (Phi) is 7.66. The van der Waals surface area contributed by atoms with Crippen molar-refractivity contribution >= 4 is 27.6 Å². The number of esters is 1. The van der Waals surface area contributed by atoms with E-state index in [9.17, 15) is 18.0 Å². The molecule has 0 aromatic heterocycles. The van der Waals surface area contributed by atoms with Gasteiger partial charge in [0.1, 0.15) is 5.75 Å². The minimum Gasteiger partial charge on any atom is -0.495 e. The van der Waals surface area contributed by atoms with Gasteiger partial charge in [-0.15, -0.1) is 0 Å². The van der Waals surface area contributed by atoms with Crippen molar-refractivity contribution in [3.8, 4) is 5.75 Å². The number of hydrogen-bond acceptors (Lipinski definition) is 7. The van der Waals surface area contributed by atoms with Gasteiger partial charge < -0.3 is 19.3 Å². The molecule has 178 valence electrons. The molecular formula is C22H33N3O6S. The van der Waals surface area contributed by atoms with Crippen LogP contribution in [0.5, 0.6) is 5.75 Å². The highest BCUT2D eigenvalue weighted by Crippen LogP contribution is 2.33. The summed E-state index contributed by atoms with van der Waals surface area (Å²) in [4.78, 5) is 27.6. The zero-order valence-electron chi connectivity index (χ0n) is 19.2. The number of hydrogen-bond donors (Lipinski definition) is 0. The van der Waals surface area contributed by atoms with Crippen molar-refractivity contribution in [1.82, 2.24) is 9.21 Å². The summed E-state index contributed by atoms with van der Waals surface area (Å²) >= 11 is 0. The Bertz CT molecular complexity index is 943. The summed E-state index contributed by atoms with van der Waals surface area (Å²) in [5, 5.41) is 0. The molecule has 3 rings (SSSR count). The number of carbonyl (C=O) groups is 2. The van der Waals surface area contributed by atoms with Crippen LogP contribution in [0.3, 0.4) is 0 Å². The van der Waals surface area contributed by atoms with E-state index in [1.807, 2.05) is 4.90 Å². The van der Waals surface area contributed by atoms with Crippen molar-refractivity contribution in [2.24, 2.45) is 5.92 Å². The van der Waals surface area contributed by atoms with Gasteiger partial charge in [-0.1, -0.05) is 6.92 Å². The van der Waals surface area contributed by atoms with Crippen LogP contribution in [0, 0.1) is 5.92 Å². The number of sulfonamides is 1. The molecule has 0 unspecified atom stereocenters. The molecule has 0 saturated carbocycles. The third kappa shape index (κ3) is 5.35. The average Bonchev–Trinajstić information content (AvgIpc) is 2.77. The zero-order valence-corrected chi connectivity index (χ0v) is 20.1. The SMILES string of the molecule is COc1ccc(S(=O)(=O)N2CCC[C@H](C)C2)cc1N1CCN(C(=O)[C@H](C)OC(C)=O)CC1. The quantitative estimate of drug-likeness (QED) is 0.588. The third-order valence-electron chi connectivity index (χ3n) is 6.03. The van der Waals surface area contributed by atoms with Crippen LogP contribution in [-0.4, -0.2) is 82.0 Å². The van der Waals surface area contributed by atoms with Crippen molar-refractivity contribution in [2.75, 3.05) is 51.3 Å². The first-order chi connectivity index (χ1) is 15.1. The smallest absolute Gasteiger partial charge is 0.303 e. The molecule has 2 heterocycles. The largest absolute Gasteiger partial charge is 0.495 e. The van der Waals surface area contributed by atoms with E-state index in [-0.39, 0.29) is 10.8 Å². The molecule has 1 aromatic rings. The molecule has 2 aliphatic heterocycles. The molecule has 9 nitrogen and oxygen atoms in total. The minimum atomic E-state index is -3.59. The van der Waals surface area contributed by atoms with E-state index >= 15 is 0 Å². The number of benzene rings is 1. The number of nitrogens with zero attached hydrogens (tertiary/aromatic N) is 3. The summed E-state index contributed by atoms with van der Waals surface area (Å²) < 4.78 is 38.6. The number of piperazine rings is 1. The number of amides is 1. The van der Waals surface area contributed by atoms with Gasteiger partial charge in [0.25, 0.3) is 5.91 Å². The highest BCUT2D eigenvalue weighted by molar-refractivity contribution is 7.89. The lowest BCUT2D eigenvalue weighted by molar-refractivity contribution is -0.157. The van der Waals surface area contributed by atoms with Gasteiger partial charge in [-0.25, -0.2) is 8.42 Å². The van der Waals surface area contributed by atoms with Crippen molar-refractivity contribution in [3.05, 3.63) is 18.2 Å². The number of ether oxygens (including phenoxy) is 2. The first kappa shape index (κ1) is 24.3. The fourth-order valence-electron chi connectivity index (χ4n) is 4.32. The molecular weight excluding hydrogens is 434 g/mol. The molecule has 0 bridgehead atoms. The van der Waals surface area contributed by atoms with Crippen molar-refractivity contribution < 1.29 is 27.5 Å². The van der Waals surface area contributed by atoms with Gasteiger partial charge in [0.15, 0.2) is 6.10 Å². The molecule has 0 radical (unpaired) electrons. The Morgan fingerprint density at radius 3 is 2.41 bits per heavy atom. The molecule has 10 heteroatoms. The standard InChI is InChI=1S/C22H33N3O6S/c1-16-6-5-9-25(15-16)32(28,29)19-7-8-21(30-4)20(14-19)23-10-12-24(13-11-23)22(27)17(2)31-18(3)26/h7-8,14,16-17H,5-6,9-13,15H2,1-4H3/t16-,17-/m0/s1. The third-order valence-corrected chi connectivity index (χ3v) is 7.89. The average molecular weight is 468 g/mol. The van der Waals surface area contributed by atoms with Gasteiger partial charge in [-0.05, 0) is 43.9 Å². The number of methoxy groups -OCH3 is 1. The highest BCUT2D eigenvalue weighted by atomic mass is 32.2. The van der Waals surface area contributed by atoms with Crippen LogP contribution in [0.4, 0.5) is 5.69 Å². The van der Waals surface area contributed by atoms with Crippen LogP contribution >= 0.6 is 0 Å². The molecule has 0 aliphatic carbocycles. The summed E-state index contributed by atoms with van der Waals surface area (Å²) in [7, 11) is -2.03. The van der Waals surface area contributed by atoms with E-state index in [1.165, 1.54) is 6.92 Å². The second-order valence-corrected chi connectivity index (χ2v) is 10.4. The zero-order chi connectivity index (χ0) is 23.5. The van der Waals surface area contributed by atoms with Crippen molar-refractivity contribution in [3.63, 3.8) is 0 Å². The fourth-order valence-corrected chi connectivity index (χ4v) is 5.93. The molecule has 1 amide bonds. The number of carbonyl (C=O) groups excluding carboxylic acids is 2. The van der Waals surface area contributed by atoms with E-state index in [0.29, 0.717) is 56.6 Å². The topological polar surface area (TPSA) is 96.5 Å². The lowest BCUT2D eigenvalue weighted by Gasteiger charge is -2.37. The highest BCUT2D eigenvalue weighted by Gasteiger charge is 2.31. The minimum absolute atomic E-state index is 0.234. The molecule has 2 atom stereocenters. The second kappa shape index (κ2) is 10.1. The summed E-state index contributed by atoms with van der Waals surface area (Å²) in [6, 6.07) is 4.96. The fraction of sp³-hybridized carbons (Fsp3) is 0.636. The van der Waals surface area contributed by atoms with E-state index in [4.69, 9.17) is 9.47 Å². The number of rotatable bonds is 6. The van der Waals surface area contributed by atoms with E-state index < -0.39 is 22.1 Å². The molecule has 1 aromatic carbocycles. The summed E-state index contributed by atoms with van der Waals surface area (Å²) in [6.07, 6.45) is 1.08. The second-order valence-electron chi connectivity index (χ2n) is 8.51. The maximum atomic E-state index is 13.2. The van der Waals surface area contributed by atoms with Crippen LogP contribution in [-0.2, 0) is 24.3 Å². The number of piperidine rings is 1. The van der Waals surface area contributed by atoms with E-state index in [2.05, 4.69) is 6.92 Å². The first-order valence-corrected chi connectivity index (χ1v) is 12.5. The van der Waals surface area contributed by atoms with Gasteiger partial charge in [0, 0.05) is 46.2 Å². The van der Waals surface area contributed by atoms with Gasteiger partial charge >= 0.3 is 5.97 Å². The predicted octanol–water partition coefficient (Wildman–Crippen LogP) is 1.72. The predicted molar refractivity (Wildman–Crippen MR) is 120 cm³/mol. The van der Waals surface area contributed by atoms with Gasteiger partial charge in [0.2, 0.25) is 10.0 Å². The molecule has 32 heavy (non-hydrogen) atoms. The van der Waals surface area contributed by atoms with E-state index in [0.717, 1.165) is 12.8 Å². The first-order valence-electron chi connectivity index (χ1n) is 11.0. The Morgan fingerprint density at radius 2 is 1.81 bits per heavy atom. The Labute approximate surface area is 190 Å². The Hall–Kier alpha value is -2.33. The van der Waals surface area contributed by atoms with E-state index in [1.54, 1.807) is 41.4 Å². The summed E-state index contributed by atoms with van der Waals surface area (Å²) in [5.41, 5.74) is 0.693.